The van der Waals surface area contributed by atoms with Crippen molar-refractivity contribution in [2.24, 2.45) is 0 Å². The first-order valence-corrected chi connectivity index (χ1v) is 3.03. The molecule has 0 aliphatic rings. The number of hydrogen-bond acceptors (Lipinski definition) is 4. The second-order valence-corrected chi connectivity index (χ2v) is 2.11. The van der Waals surface area contributed by atoms with Crippen LogP contribution in [0.2, 0.25) is 0 Å². The molecule has 0 radical (unpaired) electrons. The molecule has 0 aromatic carbocycles. The summed E-state index contributed by atoms with van der Waals surface area (Å²) >= 11 is 0. The average molecular weight is 152 g/mol. The van der Waals surface area contributed by atoms with Crippen LogP contribution in [0.4, 0.5) is 4.79 Å². The Morgan fingerprint density at radius 2 is 2.36 bits per heavy atom. The average Bonchev–Trinajstić information content (AvgIpc) is 2.33. The molecule has 0 saturated carbocycles. The van der Waals surface area contributed by atoms with E-state index >= 15 is 0 Å². The smallest absolute Gasteiger partial charge is 0.423 e. The zero-order chi connectivity index (χ0) is 8.43. The highest BCUT2D eigenvalue weighted by Crippen LogP contribution is 1.82. The molecule has 1 heterocycles. The van der Waals surface area contributed by atoms with E-state index in [0.29, 0.717) is 0 Å². The van der Waals surface area contributed by atoms with E-state index in [-0.39, 0.29) is 11.3 Å². The summed E-state index contributed by atoms with van der Waals surface area (Å²) in [5.41, 5.74) is 0.209. The highest BCUT2D eigenvalue weighted by atomic mass is 16.4. The van der Waals surface area contributed by atoms with Crippen molar-refractivity contribution in [2.75, 3.05) is 0 Å². The maximum atomic E-state index is 10.6. The number of aromatic nitrogens is 2. The van der Waals surface area contributed by atoms with Gasteiger partial charge in [0.05, 0.1) is 0 Å². The topological polar surface area (TPSA) is 75.4 Å². The first kappa shape index (κ1) is 8.03. The molecule has 0 bridgehead atoms. The van der Waals surface area contributed by atoms with E-state index in [9.17, 15) is 4.79 Å². The summed E-state index contributed by atoms with van der Waals surface area (Å²) < 4.78 is 1.04. The predicted molar refractivity (Wildman–Crippen MR) is 41.4 cm³/mol. The van der Waals surface area contributed by atoms with E-state index in [1.165, 1.54) is 20.2 Å². The third-order valence-electron chi connectivity index (χ3n) is 1.22. The minimum Gasteiger partial charge on any atom is -0.423 e. The highest BCUT2D eigenvalue weighted by molar-refractivity contribution is 6.59. The lowest BCUT2D eigenvalue weighted by molar-refractivity contribution is 0.258. The van der Waals surface area contributed by atoms with E-state index in [1.54, 1.807) is 0 Å². The minimum absolute atomic E-state index is 0.209. The van der Waals surface area contributed by atoms with E-state index in [4.69, 9.17) is 10.0 Å². The zero-order valence-electron chi connectivity index (χ0n) is 5.93. The Morgan fingerprint density at radius 3 is 2.64 bits per heavy atom. The molecule has 1 rings (SSSR count). The standard InChI is InChI=1S/C4H6B2N2O3/c5-4(9)8-2-3(1-7-8)6(10)11/h1-2,10-11H,5H2. The normalized spacial score (nSPS) is 9.64. The molecule has 1 aromatic heterocycles. The number of rotatable bonds is 1. The van der Waals surface area contributed by atoms with Gasteiger partial charge in [-0.25, -0.2) is 4.68 Å². The van der Waals surface area contributed by atoms with Crippen LogP contribution in [0.15, 0.2) is 12.4 Å². The van der Waals surface area contributed by atoms with Crippen LogP contribution in [0.5, 0.6) is 0 Å². The van der Waals surface area contributed by atoms with Crippen LogP contribution < -0.4 is 5.46 Å². The molecule has 0 amide bonds. The number of hydrogen-bond donors (Lipinski definition) is 2. The third kappa shape index (κ3) is 1.69. The van der Waals surface area contributed by atoms with Gasteiger partial charge in [-0.15, -0.1) is 0 Å². The predicted octanol–water partition coefficient (Wildman–Crippen LogP) is -2.84. The summed E-state index contributed by atoms with van der Waals surface area (Å²) in [6, 6.07) is 0. The van der Waals surface area contributed by atoms with Crippen molar-refractivity contribution in [3.63, 3.8) is 0 Å². The SMILES string of the molecule is BC(=O)n1cc(B(O)O)cn1. The molecule has 0 spiro atoms. The number of carbonyl (C=O) groups is 1. The molecule has 0 unspecified atom stereocenters. The Hall–Kier alpha value is -1.07. The Morgan fingerprint density at radius 1 is 1.73 bits per heavy atom. The lowest BCUT2D eigenvalue weighted by atomic mass is 9.83. The second-order valence-electron chi connectivity index (χ2n) is 2.11. The van der Waals surface area contributed by atoms with Gasteiger partial charge in [0.15, 0.2) is 5.81 Å². The second kappa shape index (κ2) is 2.89. The van der Waals surface area contributed by atoms with Gasteiger partial charge in [0.25, 0.3) is 0 Å². The molecular weight excluding hydrogens is 146 g/mol. The molecule has 56 valence electrons. The van der Waals surface area contributed by atoms with Crippen molar-refractivity contribution in [1.29, 1.82) is 0 Å². The molecule has 2 N–H and O–H groups in total. The molecule has 5 nitrogen and oxygen atoms in total. The van der Waals surface area contributed by atoms with Gasteiger partial charge in [-0.05, 0) is 0 Å². The Balaban J connectivity index is 2.90. The van der Waals surface area contributed by atoms with Crippen molar-refractivity contribution < 1.29 is 14.8 Å². The lowest BCUT2D eigenvalue weighted by Gasteiger charge is -1.90. The molecule has 1 aromatic rings. The highest BCUT2D eigenvalue weighted by Gasteiger charge is 2.13. The molecule has 0 saturated heterocycles. The Labute approximate surface area is 64.2 Å². The maximum absolute atomic E-state index is 10.6. The fourth-order valence-electron chi connectivity index (χ4n) is 0.642. The molecule has 7 heteroatoms. The number of nitrogens with zero attached hydrogens (tertiary/aromatic N) is 2. The maximum Gasteiger partial charge on any atom is 0.491 e. The van der Waals surface area contributed by atoms with E-state index in [2.05, 4.69) is 5.10 Å². The van der Waals surface area contributed by atoms with Crippen LogP contribution in [0.1, 0.15) is 0 Å². The van der Waals surface area contributed by atoms with Crippen LogP contribution >= 0.6 is 0 Å². The Bertz CT molecular complexity index is 272. The summed E-state index contributed by atoms with van der Waals surface area (Å²) in [5.74, 6) is -0.267. The fourth-order valence-corrected chi connectivity index (χ4v) is 0.642. The van der Waals surface area contributed by atoms with Gasteiger partial charge < -0.3 is 10.0 Å². The summed E-state index contributed by atoms with van der Waals surface area (Å²) in [6.07, 6.45) is 2.50. The van der Waals surface area contributed by atoms with Gasteiger partial charge in [0, 0.05) is 17.9 Å². The van der Waals surface area contributed by atoms with E-state index < -0.39 is 7.12 Å². The Kier molecular flexibility index (Phi) is 2.11. The minimum atomic E-state index is -1.57. The molecule has 0 aliphatic carbocycles. The third-order valence-corrected chi connectivity index (χ3v) is 1.22. The van der Waals surface area contributed by atoms with Crippen LogP contribution in [0.25, 0.3) is 0 Å². The molecule has 0 fully saturated rings. The quantitative estimate of drug-likeness (QED) is 0.425. The largest absolute Gasteiger partial charge is 0.491 e. The van der Waals surface area contributed by atoms with Gasteiger partial charge in [0.2, 0.25) is 7.85 Å². The van der Waals surface area contributed by atoms with Crippen molar-refractivity contribution in [2.45, 2.75) is 0 Å². The van der Waals surface area contributed by atoms with Gasteiger partial charge in [-0.1, -0.05) is 0 Å². The summed E-state index contributed by atoms with van der Waals surface area (Å²) in [5, 5.41) is 20.8. The summed E-state index contributed by atoms with van der Waals surface area (Å²) in [7, 11) is -0.233. The van der Waals surface area contributed by atoms with Crippen molar-refractivity contribution in [1.82, 2.24) is 9.78 Å². The summed E-state index contributed by atoms with van der Waals surface area (Å²) in [4.78, 5) is 10.6. The van der Waals surface area contributed by atoms with Crippen LogP contribution in [-0.4, -0.2) is 40.6 Å². The van der Waals surface area contributed by atoms with Gasteiger partial charge in [0.1, 0.15) is 0 Å². The summed E-state index contributed by atoms with van der Waals surface area (Å²) in [6.45, 7) is 0. The molecular formula is C4H6B2N2O3. The van der Waals surface area contributed by atoms with Crippen molar-refractivity contribution >= 4 is 26.2 Å². The van der Waals surface area contributed by atoms with Crippen molar-refractivity contribution in [3.8, 4) is 0 Å². The number of carbonyl (C=O) groups excluding carboxylic acids is 1. The first-order valence-electron chi connectivity index (χ1n) is 3.03. The fraction of sp³-hybridized carbons (Fsp3) is 0. The van der Waals surface area contributed by atoms with Crippen molar-refractivity contribution in [3.05, 3.63) is 12.4 Å². The molecule has 0 aliphatic heterocycles. The van der Waals surface area contributed by atoms with E-state index in [0.717, 1.165) is 4.68 Å². The molecule has 11 heavy (non-hydrogen) atoms. The van der Waals surface area contributed by atoms with Gasteiger partial charge in [-0.2, -0.15) is 5.10 Å². The van der Waals surface area contributed by atoms with Crippen LogP contribution in [0.3, 0.4) is 0 Å². The monoisotopic (exact) mass is 152 g/mol. The van der Waals surface area contributed by atoms with Crippen LogP contribution in [-0.2, 0) is 0 Å². The van der Waals surface area contributed by atoms with Gasteiger partial charge in [-0.3, -0.25) is 4.79 Å². The van der Waals surface area contributed by atoms with Crippen LogP contribution in [0, 0.1) is 0 Å². The van der Waals surface area contributed by atoms with Gasteiger partial charge >= 0.3 is 7.12 Å². The zero-order valence-corrected chi connectivity index (χ0v) is 5.93. The molecule has 0 atom stereocenters. The van der Waals surface area contributed by atoms with E-state index in [1.807, 2.05) is 0 Å². The lowest BCUT2D eigenvalue weighted by Crippen LogP contribution is -2.28. The first-order chi connectivity index (χ1) is 5.11.